The molecule has 3 rings (SSSR count). The average Bonchev–Trinajstić information content (AvgIpc) is 2.89. The summed E-state index contributed by atoms with van der Waals surface area (Å²) in [5.74, 6) is 0.999. The number of hydrogen-bond donors (Lipinski definition) is 2. The molecule has 0 aromatic carbocycles. The lowest BCUT2D eigenvalue weighted by atomic mass is 9.94. The van der Waals surface area contributed by atoms with Crippen LogP contribution in [0.3, 0.4) is 0 Å². The van der Waals surface area contributed by atoms with Crippen molar-refractivity contribution in [1.29, 1.82) is 5.26 Å². The maximum absolute atomic E-state index is 9.24. The summed E-state index contributed by atoms with van der Waals surface area (Å²) in [6.07, 6.45) is 7.78. The van der Waals surface area contributed by atoms with E-state index in [1.807, 2.05) is 7.05 Å². The van der Waals surface area contributed by atoms with Gasteiger partial charge >= 0.3 is 0 Å². The van der Waals surface area contributed by atoms with Gasteiger partial charge < -0.3 is 15.6 Å². The highest BCUT2D eigenvalue weighted by Gasteiger charge is 2.23. The van der Waals surface area contributed by atoms with E-state index >= 15 is 0 Å². The van der Waals surface area contributed by atoms with Gasteiger partial charge in [-0.25, -0.2) is 0 Å². The van der Waals surface area contributed by atoms with Crippen LogP contribution in [0.15, 0.2) is 6.20 Å². The van der Waals surface area contributed by atoms with Crippen LogP contribution in [0.2, 0.25) is 0 Å². The molecule has 0 saturated heterocycles. The van der Waals surface area contributed by atoms with Crippen molar-refractivity contribution in [1.82, 2.24) is 15.0 Å². The van der Waals surface area contributed by atoms with Crippen molar-refractivity contribution in [2.45, 2.75) is 38.1 Å². The van der Waals surface area contributed by atoms with E-state index in [2.05, 4.69) is 25.9 Å². The Balaban J connectivity index is 2.09. The molecule has 0 aliphatic heterocycles. The standard InChI is InChI=1S/C14H18N6/c1-20(10-5-3-2-4-6-10)13-11-9(7-15)8-17-12(11)18-14(16)19-13/h8,10H,2-6H2,1H3,(H3,16,17,18,19). The molecule has 1 fully saturated rings. The summed E-state index contributed by atoms with van der Waals surface area (Å²) in [6, 6.07) is 2.65. The van der Waals surface area contributed by atoms with Gasteiger partial charge in [-0.1, -0.05) is 19.3 Å². The molecule has 6 heteroatoms. The fourth-order valence-corrected chi connectivity index (χ4v) is 3.02. The Morgan fingerprint density at radius 2 is 2.10 bits per heavy atom. The van der Waals surface area contributed by atoms with Crippen molar-refractivity contribution in [3.8, 4) is 6.07 Å². The number of hydrogen-bond acceptors (Lipinski definition) is 5. The Labute approximate surface area is 117 Å². The van der Waals surface area contributed by atoms with Gasteiger partial charge in [0.1, 0.15) is 17.5 Å². The van der Waals surface area contributed by atoms with Crippen LogP contribution in [0.4, 0.5) is 11.8 Å². The molecule has 3 N–H and O–H groups in total. The molecule has 2 aromatic rings. The summed E-state index contributed by atoms with van der Waals surface area (Å²) in [4.78, 5) is 13.7. The van der Waals surface area contributed by atoms with Crippen LogP contribution in [0, 0.1) is 11.3 Å². The second kappa shape index (κ2) is 5.00. The minimum atomic E-state index is 0.237. The van der Waals surface area contributed by atoms with Crippen LogP contribution in [-0.4, -0.2) is 28.0 Å². The van der Waals surface area contributed by atoms with E-state index in [0.717, 1.165) is 24.0 Å². The zero-order chi connectivity index (χ0) is 14.1. The molecular weight excluding hydrogens is 252 g/mol. The molecule has 2 aromatic heterocycles. The molecule has 0 bridgehead atoms. The molecular formula is C14H18N6. The number of nitrogens with two attached hydrogens (primary N) is 1. The number of H-pyrrole nitrogens is 1. The van der Waals surface area contributed by atoms with Crippen molar-refractivity contribution in [2.75, 3.05) is 17.7 Å². The van der Waals surface area contributed by atoms with Gasteiger partial charge in [-0.15, -0.1) is 0 Å². The van der Waals surface area contributed by atoms with E-state index in [1.54, 1.807) is 6.20 Å². The number of aromatic amines is 1. The van der Waals surface area contributed by atoms with E-state index in [9.17, 15) is 5.26 Å². The Kier molecular flexibility index (Phi) is 3.18. The minimum Gasteiger partial charge on any atom is -0.368 e. The molecule has 0 unspecified atom stereocenters. The van der Waals surface area contributed by atoms with E-state index in [4.69, 9.17) is 5.73 Å². The van der Waals surface area contributed by atoms with Crippen LogP contribution in [-0.2, 0) is 0 Å². The molecule has 0 atom stereocenters. The number of nitrogen functional groups attached to an aromatic ring is 1. The lowest BCUT2D eigenvalue weighted by Gasteiger charge is -2.32. The largest absolute Gasteiger partial charge is 0.368 e. The van der Waals surface area contributed by atoms with Crippen molar-refractivity contribution in [3.05, 3.63) is 11.8 Å². The predicted octanol–water partition coefficient (Wildman–Crippen LogP) is 2.18. The van der Waals surface area contributed by atoms with Gasteiger partial charge in [-0.05, 0) is 12.8 Å². The Morgan fingerprint density at radius 3 is 2.80 bits per heavy atom. The van der Waals surface area contributed by atoms with Gasteiger partial charge in [0.05, 0.1) is 10.9 Å². The third kappa shape index (κ3) is 2.05. The monoisotopic (exact) mass is 270 g/mol. The van der Waals surface area contributed by atoms with Crippen molar-refractivity contribution >= 4 is 22.8 Å². The minimum absolute atomic E-state index is 0.237. The number of anilines is 2. The van der Waals surface area contributed by atoms with Crippen LogP contribution >= 0.6 is 0 Å². The van der Waals surface area contributed by atoms with Gasteiger partial charge in [-0.2, -0.15) is 15.2 Å². The van der Waals surface area contributed by atoms with Crippen LogP contribution in [0.25, 0.3) is 11.0 Å². The van der Waals surface area contributed by atoms with E-state index in [-0.39, 0.29) is 5.95 Å². The zero-order valence-electron chi connectivity index (χ0n) is 11.6. The van der Waals surface area contributed by atoms with Gasteiger partial charge in [0.15, 0.2) is 0 Å². The lowest BCUT2D eigenvalue weighted by molar-refractivity contribution is 0.426. The molecule has 0 spiro atoms. The zero-order valence-corrected chi connectivity index (χ0v) is 11.6. The maximum atomic E-state index is 9.24. The molecule has 1 saturated carbocycles. The Bertz CT molecular complexity index is 662. The highest BCUT2D eigenvalue weighted by Crippen LogP contribution is 2.31. The summed E-state index contributed by atoms with van der Waals surface area (Å²) in [5, 5.41) is 10.0. The Hall–Kier alpha value is -2.29. The maximum Gasteiger partial charge on any atom is 0.223 e. The molecule has 2 heterocycles. The van der Waals surface area contributed by atoms with Gasteiger partial charge in [-0.3, -0.25) is 0 Å². The van der Waals surface area contributed by atoms with Crippen LogP contribution in [0.1, 0.15) is 37.7 Å². The number of rotatable bonds is 2. The number of nitrogens with one attached hydrogen (secondary N) is 1. The first-order valence-corrected chi connectivity index (χ1v) is 6.98. The SMILES string of the molecule is CN(c1nc(N)nc2[nH]cc(C#N)c12)C1CCCCC1. The van der Waals surface area contributed by atoms with Gasteiger partial charge in [0.25, 0.3) is 0 Å². The predicted molar refractivity (Wildman–Crippen MR) is 78.3 cm³/mol. The summed E-state index contributed by atoms with van der Waals surface area (Å²) in [6.45, 7) is 0. The first-order valence-electron chi connectivity index (χ1n) is 6.98. The third-order valence-corrected chi connectivity index (χ3v) is 4.11. The normalized spacial score (nSPS) is 16.2. The van der Waals surface area contributed by atoms with Crippen molar-refractivity contribution in [2.24, 2.45) is 0 Å². The molecule has 1 aliphatic carbocycles. The smallest absolute Gasteiger partial charge is 0.223 e. The first-order chi connectivity index (χ1) is 9.70. The number of fused-ring (bicyclic) bond motifs is 1. The number of aromatic nitrogens is 3. The quantitative estimate of drug-likeness (QED) is 0.872. The van der Waals surface area contributed by atoms with Gasteiger partial charge in [0, 0.05) is 19.3 Å². The summed E-state index contributed by atoms with van der Waals surface area (Å²) >= 11 is 0. The molecule has 1 aliphatic rings. The Morgan fingerprint density at radius 1 is 1.35 bits per heavy atom. The molecule has 104 valence electrons. The first kappa shape index (κ1) is 12.7. The summed E-state index contributed by atoms with van der Waals surface area (Å²) in [5.41, 5.74) is 6.99. The topological polar surface area (TPSA) is 94.6 Å². The molecule has 0 amide bonds. The molecule has 20 heavy (non-hydrogen) atoms. The van der Waals surface area contributed by atoms with E-state index < -0.39 is 0 Å². The highest BCUT2D eigenvalue weighted by atomic mass is 15.2. The van der Waals surface area contributed by atoms with E-state index in [0.29, 0.717) is 17.3 Å². The van der Waals surface area contributed by atoms with Crippen molar-refractivity contribution < 1.29 is 0 Å². The highest BCUT2D eigenvalue weighted by molar-refractivity contribution is 5.93. The molecule has 6 nitrogen and oxygen atoms in total. The average molecular weight is 270 g/mol. The fourth-order valence-electron chi connectivity index (χ4n) is 3.02. The lowest BCUT2D eigenvalue weighted by Crippen LogP contribution is -2.34. The number of nitriles is 1. The van der Waals surface area contributed by atoms with Crippen LogP contribution < -0.4 is 10.6 Å². The third-order valence-electron chi connectivity index (χ3n) is 4.11. The second-order valence-corrected chi connectivity index (χ2v) is 5.35. The summed E-state index contributed by atoms with van der Waals surface area (Å²) in [7, 11) is 2.03. The van der Waals surface area contributed by atoms with Gasteiger partial charge in [0.2, 0.25) is 5.95 Å². The summed E-state index contributed by atoms with van der Waals surface area (Å²) < 4.78 is 0. The van der Waals surface area contributed by atoms with Crippen LogP contribution in [0.5, 0.6) is 0 Å². The second-order valence-electron chi connectivity index (χ2n) is 5.35. The number of nitrogens with zero attached hydrogens (tertiary/aromatic N) is 4. The van der Waals surface area contributed by atoms with Crippen molar-refractivity contribution in [3.63, 3.8) is 0 Å². The fraction of sp³-hybridized carbons (Fsp3) is 0.500. The van der Waals surface area contributed by atoms with E-state index in [1.165, 1.54) is 19.3 Å². The molecule has 0 radical (unpaired) electrons.